The first kappa shape index (κ1) is 18.5. The standard InChI is InChI=1S/C18H32N4O3/c1-21(2)17(23)10-20-18(19-9-14-4-7-24-12-14)22-6-3-15(11-22)16-5-8-25-13-16/h14-16H,3-13H2,1-2H3,(H,19,20). The Labute approximate surface area is 150 Å². The maximum atomic E-state index is 11.9. The van der Waals surface area contributed by atoms with Crippen molar-refractivity contribution >= 4 is 11.9 Å². The normalized spacial score (nSPS) is 30.1. The molecule has 3 fully saturated rings. The highest BCUT2D eigenvalue weighted by Gasteiger charge is 2.33. The summed E-state index contributed by atoms with van der Waals surface area (Å²) in [6, 6.07) is 0. The third-order valence-corrected chi connectivity index (χ3v) is 5.59. The Balaban J connectivity index is 1.58. The highest BCUT2D eigenvalue weighted by Crippen LogP contribution is 2.30. The molecule has 3 unspecified atom stereocenters. The zero-order chi connectivity index (χ0) is 17.6. The highest BCUT2D eigenvalue weighted by molar-refractivity contribution is 5.85. The summed E-state index contributed by atoms with van der Waals surface area (Å²) in [5.41, 5.74) is 0. The minimum atomic E-state index is 0.0310. The Morgan fingerprint density at radius 2 is 1.96 bits per heavy atom. The molecule has 7 nitrogen and oxygen atoms in total. The summed E-state index contributed by atoms with van der Waals surface area (Å²) in [7, 11) is 3.54. The fraction of sp³-hybridized carbons (Fsp3) is 0.889. The van der Waals surface area contributed by atoms with E-state index in [0.29, 0.717) is 17.8 Å². The number of hydrogen-bond donors (Lipinski definition) is 1. The molecule has 3 saturated heterocycles. The second-order valence-corrected chi connectivity index (χ2v) is 7.66. The molecule has 0 aliphatic carbocycles. The van der Waals surface area contributed by atoms with Crippen molar-refractivity contribution in [3.05, 3.63) is 0 Å². The van der Waals surface area contributed by atoms with E-state index in [1.54, 1.807) is 19.0 Å². The topological polar surface area (TPSA) is 66.4 Å². The van der Waals surface area contributed by atoms with Crippen LogP contribution in [0.4, 0.5) is 0 Å². The molecule has 0 aromatic carbocycles. The van der Waals surface area contributed by atoms with Crippen LogP contribution in [0.2, 0.25) is 0 Å². The van der Waals surface area contributed by atoms with Gasteiger partial charge in [0.1, 0.15) is 6.54 Å². The average molecular weight is 352 g/mol. The molecule has 0 spiro atoms. The summed E-state index contributed by atoms with van der Waals surface area (Å²) in [6.07, 6.45) is 3.46. The van der Waals surface area contributed by atoms with Crippen LogP contribution in [0.5, 0.6) is 0 Å². The van der Waals surface area contributed by atoms with Gasteiger partial charge in [0.15, 0.2) is 5.96 Å². The van der Waals surface area contributed by atoms with Crippen molar-refractivity contribution in [1.82, 2.24) is 15.1 Å². The number of ether oxygens (including phenoxy) is 2. The van der Waals surface area contributed by atoms with Crippen LogP contribution < -0.4 is 5.32 Å². The van der Waals surface area contributed by atoms with Gasteiger partial charge in [0, 0.05) is 59.5 Å². The lowest BCUT2D eigenvalue weighted by Gasteiger charge is -2.24. The van der Waals surface area contributed by atoms with E-state index in [-0.39, 0.29) is 12.5 Å². The van der Waals surface area contributed by atoms with Gasteiger partial charge in [0.05, 0.1) is 6.61 Å². The lowest BCUT2D eigenvalue weighted by molar-refractivity contribution is -0.127. The molecular weight excluding hydrogens is 320 g/mol. The Kier molecular flexibility index (Phi) is 6.53. The number of carbonyl (C=O) groups excluding carboxylic acids is 1. The number of nitrogens with one attached hydrogen (secondary N) is 1. The van der Waals surface area contributed by atoms with Crippen LogP contribution in [0, 0.1) is 17.8 Å². The third-order valence-electron chi connectivity index (χ3n) is 5.59. The summed E-state index contributed by atoms with van der Waals surface area (Å²) in [6.45, 7) is 6.55. The number of hydrogen-bond acceptors (Lipinski definition) is 4. The second-order valence-electron chi connectivity index (χ2n) is 7.66. The van der Waals surface area contributed by atoms with Crippen LogP contribution in [0.25, 0.3) is 0 Å². The number of guanidine groups is 1. The van der Waals surface area contributed by atoms with E-state index in [1.807, 2.05) is 0 Å². The third kappa shape index (κ3) is 5.07. The van der Waals surface area contributed by atoms with E-state index in [9.17, 15) is 4.79 Å². The van der Waals surface area contributed by atoms with Gasteiger partial charge in [-0.3, -0.25) is 4.79 Å². The first-order valence-corrected chi connectivity index (χ1v) is 9.52. The molecule has 3 aliphatic rings. The zero-order valence-electron chi connectivity index (χ0n) is 15.6. The summed E-state index contributed by atoms with van der Waals surface area (Å²) in [5, 5.41) is 3.50. The monoisotopic (exact) mass is 352 g/mol. The van der Waals surface area contributed by atoms with Crippen molar-refractivity contribution in [2.24, 2.45) is 22.7 Å². The predicted octanol–water partition coefficient (Wildman–Crippen LogP) is 0.415. The first-order chi connectivity index (χ1) is 12.1. The molecule has 0 bridgehead atoms. The Hall–Kier alpha value is -1.34. The van der Waals surface area contributed by atoms with Gasteiger partial charge in [-0.05, 0) is 31.1 Å². The van der Waals surface area contributed by atoms with Gasteiger partial charge >= 0.3 is 0 Å². The molecule has 0 radical (unpaired) electrons. The van der Waals surface area contributed by atoms with Crippen LogP contribution >= 0.6 is 0 Å². The molecule has 1 amide bonds. The Morgan fingerprint density at radius 3 is 2.64 bits per heavy atom. The van der Waals surface area contributed by atoms with E-state index in [0.717, 1.165) is 58.4 Å². The van der Waals surface area contributed by atoms with Crippen molar-refractivity contribution in [1.29, 1.82) is 0 Å². The fourth-order valence-electron chi connectivity index (χ4n) is 3.82. The Morgan fingerprint density at radius 1 is 1.16 bits per heavy atom. The number of likely N-dealkylation sites (tertiary alicyclic amines) is 1. The molecule has 3 aliphatic heterocycles. The van der Waals surface area contributed by atoms with Gasteiger partial charge in [-0.25, -0.2) is 4.99 Å². The number of likely N-dealkylation sites (N-methyl/N-ethyl adjacent to an activating group) is 1. The van der Waals surface area contributed by atoms with Crippen LogP contribution in [-0.2, 0) is 14.3 Å². The van der Waals surface area contributed by atoms with Crippen LogP contribution in [0.1, 0.15) is 19.3 Å². The summed E-state index contributed by atoms with van der Waals surface area (Å²) in [4.78, 5) is 20.5. The van der Waals surface area contributed by atoms with E-state index in [2.05, 4.69) is 15.2 Å². The predicted molar refractivity (Wildman–Crippen MR) is 96.5 cm³/mol. The Bertz CT molecular complexity index is 471. The summed E-state index contributed by atoms with van der Waals surface area (Å²) < 4.78 is 11.0. The lowest BCUT2D eigenvalue weighted by atomic mass is 9.91. The average Bonchev–Trinajstić information content (AvgIpc) is 3.35. The van der Waals surface area contributed by atoms with Gasteiger partial charge in [-0.15, -0.1) is 0 Å². The number of carbonyl (C=O) groups is 1. The van der Waals surface area contributed by atoms with Crippen LogP contribution in [-0.4, -0.2) is 88.4 Å². The van der Waals surface area contributed by atoms with Gasteiger partial charge in [-0.2, -0.15) is 0 Å². The van der Waals surface area contributed by atoms with Gasteiger partial charge in [0.25, 0.3) is 0 Å². The van der Waals surface area contributed by atoms with Crippen molar-refractivity contribution in [2.75, 3.05) is 66.7 Å². The molecule has 25 heavy (non-hydrogen) atoms. The van der Waals surface area contributed by atoms with Crippen molar-refractivity contribution in [3.63, 3.8) is 0 Å². The molecule has 0 aromatic rings. The SMILES string of the molecule is CN(C)C(=O)CN=C(NCC1CCOC1)N1CCC(C2CCOC2)C1. The molecule has 3 atom stereocenters. The number of nitrogens with zero attached hydrogens (tertiary/aromatic N) is 3. The second kappa shape index (κ2) is 8.85. The van der Waals surface area contributed by atoms with E-state index < -0.39 is 0 Å². The minimum absolute atomic E-state index is 0.0310. The van der Waals surface area contributed by atoms with Crippen molar-refractivity contribution in [2.45, 2.75) is 19.3 Å². The molecule has 0 aromatic heterocycles. The first-order valence-electron chi connectivity index (χ1n) is 9.52. The van der Waals surface area contributed by atoms with Crippen molar-refractivity contribution < 1.29 is 14.3 Å². The number of rotatable bonds is 5. The van der Waals surface area contributed by atoms with Gasteiger partial charge in [-0.1, -0.05) is 0 Å². The number of aliphatic imine (C=N–C) groups is 1. The summed E-state index contributed by atoms with van der Waals surface area (Å²) in [5.74, 6) is 2.80. The summed E-state index contributed by atoms with van der Waals surface area (Å²) >= 11 is 0. The van der Waals surface area contributed by atoms with Crippen molar-refractivity contribution in [3.8, 4) is 0 Å². The van der Waals surface area contributed by atoms with Crippen LogP contribution in [0.15, 0.2) is 4.99 Å². The molecule has 3 heterocycles. The molecule has 3 rings (SSSR count). The van der Waals surface area contributed by atoms with E-state index in [4.69, 9.17) is 9.47 Å². The molecule has 0 saturated carbocycles. The van der Waals surface area contributed by atoms with Crippen LogP contribution in [0.3, 0.4) is 0 Å². The van der Waals surface area contributed by atoms with E-state index in [1.165, 1.54) is 12.8 Å². The zero-order valence-corrected chi connectivity index (χ0v) is 15.6. The highest BCUT2D eigenvalue weighted by atomic mass is 16.5. The molecule has 142 valence electrons. The van der Waals surface area contributed by atoms with Gasteiger partial charge in [0.2, 0.25) is 5.91 Å². The van der Waals surface area contributed by atoms with Gasteiger partial charge < -0.3 is 24.6 Å². The largest absolute Gasteiger partial charge is 0.381 e. The molecule has 7 heteroatoms. The number of amides is 1. The maximum Gasteiger partial charge on any atom is 0.243 e. The minimum Gasteiger partial charge on any atom is -0.381 e. The smallest absolute Gasteiger partial charge is 0.243 e. The fourth-order valence-corrected chi connectivity index (χ4v) is 3.82. The molecular formula is C18H32N4O3. The quantitative estimate of drug-likeness (QED) is 0.574. The lowest BCUT2D eigenvalue weighted by Crippen LogP contribution is -2.43. The van der Waals surface area contributed by atoms with E-state index >= 15 is 0 Å². The maximum absolute atomic E-state index is 11.9. The molecule has 1 N–H and O–H groups in total.